The Morgan fingerprint density at radius 3 is 2.76 bits per heavy atom. The van der Waals surface area contributed by atoms with Crippen LogP contribution >= 0.6 is 15.9 Å². The number of urea groups is 1. The van der Waals surface area contributed by atoms with Gasteiger partial charge >= 0.3 is 6.03 Å². The van der Waals surface area contributed by atoms with E-state index in [0.29, 0.717) is 17.1 Å². The van der Waals surface area contributed by atoms with E-state index in [9.17, 15) is 14.4 Å². The number of nitrogens with zero attached hydrogens (tertiary/aromatic N) is 1. The second-order valence-electron chi connectivity index (χ2n) is 5.17. The van der Waals surface area contributed by atoms with Gasteiger partial charge in [0.2, 0.25) is 0 Å². The van der Waals surface area contributed by atoms with Gasteiger partial charge in [-0.2, -0.15) is 0 Å². The van der Waals surface area contributed by atoms with E-state index in [1.165, 1.54) is 19.4 Å². The lowest BCUT2D eigenvalue weighted by Gasteiger charge is -2.25. The fourth-order valence-corrected chi connectivity index (χ4v) is 2.75. The van der Waals surface area contributed by atoms with Crippen molar-refractivity contribution >= 4 is 39.9 Å². The van der Waals surface area contributed by atoms with Crippen LogP contribution in [0.1, 0.15) is 11.3 Å². The summed E-state index contributed by atoms with van der Waals surface area (Å²) >= 11 is 3.33. The number of carbonyl (C=O) groups is 3. The molecule has 0 aliphatic carbocycles. The number of rotatable bonds is 4. The number of imide groups is 2. The van der Waals surface area contributed by atoms with Crippen LogP contribution in [0.3, 0.4) is 0 Å². The maximum Gasteiger partial charge on any atom is 0.331 e. The molecule has 1 saturated heterocycles. The Kier molecular flexibility index (Phi) is 4.71. The van der Waals surface area contributed by atoms with E-state index >= 15 is 0 Å². The molecule has 0 unspecified atom stereocenters. The van der Waals surface area contributed by atoms with Crippen molar-refractivity contribution in [3.8, 4) is 5.75 Å². The molecule has 25 heavy (non-hydrogen) atoms. The van der Waals surface area contributed by atoms with E-state index in [2.05, 4.69) is 21.2 Å². The van der Waals surface area contributed by atoms with Gasteiger partial charge in [-0.05, 0) is 36.4 Å². The quantitative estimate of drug-likeness (QED) is 0.624. The van der Waals surface area contributed by atoms with Gasteiger partial charge in [0.1, 0.15) is 17.1 Å². The average molecular weight is 405 g/mol. The van der Waals surface area contributed by atoms with Crippen molar-refractivity contribution in [2.45, 2.75) is 6.54 Å². The summed E-state index contributed by atoms with van der Waals surface area (Å²) in [4.78, 5) is 37.7. The minimum atomic E-state index is -0.787. The number of nitrogens with one attached hydrogen (secondary N) is 1. The number of hydrogen-bond acceptors (Lipinski definition) is 5. The van der Waals surface area contributed by atoms with E-state index in [1.54, 1.807) is 30.3 Å². The zero-order valence-corrected chi connectivity index (χ0v) is 14.7. The molecule has 2 aromatic rings. The molecule has 1 aliphatic rings. The molecular formula is C17H13BrN2O5. The van der Waals surface area contributed by atoms with Gasteiger partial charge in [0.15, 0.2) is 0 Å². The average Bonchev–Trinajstić information content (AvgIpc) is 3.09. The SMILES string of the molecule is COc1ccc(Br)cc1C=C1C(=O)NC(=O)N(Cc2ccco2)C1=O. The standard InChI is InChI=1S/C17H13BrN2O5/c1-24-14-5-4-11(18)7-10(14)8-13-15(21)19-17(23)20(16(13)22)9-12-3-2-6-25-12/h2-8H,9H2,1H3,(H,19,21,23). The van der Waals surface area contributed by atoms with Crippen LogP contribution in [0, 0.1) is 0 Å². The maximum absolute atomic E-state index is 12.6. The zero-order chi connectivity index (χ0) is 18.0. The second-order valence-corrected chi connectivity index (χ2v) is 6.09. The Morgan fingerprint density at radius 2 is 2.08 bits per heavy atom. The van der Waals surface area contributed by atoms with Gasteiger partial charge in [0, 0.05) is 10.0 Å². The van der Waals surface area contributed by atoms with Crippen LogP contribution in [-0.2, 0) is 16.1 Å². The second kappa shape index (κ2) is 6.94. The number of halogens is 1. The summed E-state index contributed by atoms with van der Waals surface area (Å²) in [5.74, 6) is -0.539. The Balaban J connectivity index is 1.97. The van der Waals surface area contributed by atoms with Crippen molar-refractivity contribution in [2.75, 3.05) is 7.11 Å². The third-order valence-corrected chi connectivity index (χ3v) is 4.06. The molecule has 2 heterocycles. The van der Waals surface area contributed by atoms with Crippen LogP contribution in [0.5, 0.6) is 5.75 Å². The molecule has 0 saturated carbocycles. The number of furan rings is 1. The van der Waals surface area contributed by atoms with E-state index in [4.69, 9.17) is 9.15 Å². The number of methoxy groups -OCH3 is 1. The van der Waals surface area contributed by atoms with Crippen LogP contribution < -0.4 is 10.1 Å². The monoisotopic (exact) mass is 404 g/mol. The lowest BCUT2D eigenvalue weighted by molar-refractivity contribution is -0.130. The molecule has 1 N–H and O–H groups in total. The summed E-state index contributed by atoms with van der Waals surface area (Å²) in [6, 6.07) is 7.68. The number of benzene rings is 1. The number of amides is 4. The minimum absolute atomic E-state index is 0.0715. The van der Waals surface area contributed by atoms with E-state index in [0.717, 1.165) is 9.37 Å². The zero-order valence-electron chi connectivity index (χ0n) is 13.1. The van der Waals surface area contributed by atoms with Crippen LogP contribution in [0.2, 0.25) is 0 Å². The van der Waals surface area contributed by atoms with Gasteiger partial charge in [-0.25, -0.2) is 4.79 Å². The largest absolute Gasteiger partial charge is 0.496 e. The topological polar surface area (TPSA) is 88.8 Å². The van der Waals surface area contributed by atoms with Gasteiger partial charge in [-0.3, -0.25) is 19.8 Å². The first kappa shape index (κ1) is 17.0. The Morgan fingerprint density at radius 1 is 1.28 bits per heavy atom. The number of carbonyl (C=O) groups excluding carboxylic acids is 3. The molecule has 7 nitrogen and oxygen atoms in total. The smallest absolute Gasteiger partial charge is 0.331 e. The molecule has 0 atom stereocenters. The summed E-state index contributed by atoms with van der Waals surface area (Å²) < 4.78 is 11.2. The van der Waals surface area contributed by atoms with Crippen LogP contribution in [0.4, 0.5) is 4.79 Å². The van der Waals surface area contributed by atoms with Crippen LogP contribution in [-0.4, -0.2) is 29.9 Å². The molecule has 0 spiro atoms. The van der Waals surface area contributed by atoms with Gasteiger partial charge in [-0.15, -0.1) is 0 Å². The summed E-state index contributed by atoms with van der Waals surface area (Å²) in [6.45, 7) is -0.0715. The minimum Gasteiger partial charge on any atom is -0.496 e. The molecule has 0 radical (unpaired) electrons. The molecule has 3 rings (SSSR count). The lowest BCUT2D eigenvalue weighted by atomic mass is 10.1. The van der Waals surface area contributed by atoms with Crippen molar-refractivity contribution in [1.82, 2.24) is 10.2 Å². The molecule has 0 bridgehead atoms. The number of ether oxygens (including phenoxy) is 1. The summed E-state index contributed by atoms with van der Waals surface area (Å²) in [5, 5.41) is 2.16. The highest BCUT2D eigenvalue weighted by Gasteiger charge is 2.36. The predicted octanol–water partition coefficient (Wildman–Crippen LogP) is 2.71. The fourth-order valence-electron chi connectivity index (χ4n) is 2.37. The molecule has 1 aliphatic heterocycles. The van der Waals surface area contributed by atoms with Crippen molar-refractivity contribution in [3.63, 3.8) is 0 Å². The normalized spacial score (nSPS) is 16.3. The predicted molar refractivity (Wildman–Crippen MR) is 91.5 cm³/mol. The molecule has 1 aromatic heterocycles. The molecule has 128 valence electrons. The first-order valence-electron chi connectivity index (χ1n) is 7.24. The highest BCUT2D eigenvalue weighted by atomic mass is 79.9. The van der Waals surface area contributed by atoms with Crippen molar-refractivity contribution < 1.29 is 23.5 Å². The number of hydrogen-bond donors (Lipinski definition) is 1. The summed E-state index contributed by atoms with van der Waals surface area (Å²) in [5.41, 5.74) is 0.366. The van der Waals surface area contributed by atoms with E-state index in [-0.39, 0.29) is 12.1 Å². The first-order chi connectivity index (χ1) is 12.0. The maximum atomic E-state index is 12.6. The number of barbiturate groups is 1. The van der Waals surface area contributed by atoms with E-state index < -0.39 is 17.8 Å². The molecule has 4 amide bonds. The Labute approximate surface area is 151 Å². The van der Waals surface area contributed by atoms with Gasteiger partial charge < -0.3 is 9.15 Å². The third kappa shape index (κ3) is 3.48. The van der Waals surface area contributed by atoms with Crippen molar-refractivity contribution in [1.29, 1.82) is 0 Å². The van der Waals surface area contributed by atoms with Gasteiger partial charge in [-0.1, -0.05) is 15.9 Å². The lowest BCUT2D eigenvalue weighted by Crippen LogP contribution is -2.53. The third-order valence-electron chi connectivity index (χ3n) is 3.57. The Hall–Kier alpha value is -2.87. The van der Waals surface area contributed by atoms with Gasteiger partial charge in [0.05, 0.1) is 19.9 Å². The van der Waals surface area contributed by atoms with Crippen LogP contribution in [0.15, 0.2) is 51.1 Å². The molecule has 8 heteroatoms. The highest BCUT2D eigenvalue weighted by molar-refractivity contribution is 9.10. The summed E-state index contributed by atoms with van der Waals surface area (Å²) in [7, 11) is 1.49. The van der Waals surface area contributed by atoms with E-state index in [1.807, 2.05) is 0 Å². The van der Waals surface area contributed by atoms with Gasteiger partial charge in [0.25, 0.3) is 11.8 Å². The molecule has 1 fully saturated rings. The Bertz CT molecular complexity index is 873. The molecule has 1 aromatic carbocycles. The highest BCUT2D eigenvalue weighted by Crippen LogP contribution is 2.26. The fraction of sp³-hybridized carbons (Fsp3) is 0.118. The summed E-state index contributed by atoms with van der Waals surface area (Å²) in [6.07, 6.45) is 2.83. The first-order valence-corrected chi connectivity index (χ1v) is 8.03. The van der Waals surface area contributed by atoms with Crippen LogP contribution in [0.25, 0.3) is 6.08 Å². The van der Waals surface area contributed by atoms with Crippen molar-refractivity contribution in [2.24, 2.45) is 0 Å². The molecular weight excluding hydrogens is 392 g/mol. The van der Waals surface area contributed by atoms with Crippen molar-refractivity contribution in [3.05, 3.63) is 58.0 Å².